The minimum atomic E-state index is -0.159. The molecule has 1 fully saturated rings. The van der Waals surface area contributed by atoms with Crippen LogP contribution in [-0.4, -0.2) is 52.5 Å². The van der Waals surface area contributed by atoms with Crippen molar-refractivity contribution in [2.45, 2.75) is 32.3 Å². The van der Waals surface area contributed by atoms with Gasteiger partial charge in [0, 0.05) is 31.1 Å². The van der Waals surface area contributed by atoms with E-state index in [1.807, 2.05) is 12.1 Å². The van der Waals surface area contributed by atoms with Gasteiger partial charge in [-0.25, -0.2) is 9.97 Å². The summed E-state index contributed by atoms with van der Waals surface area (Å²) in [5.41, 5.74) is 1.88. The number of nitrogens with one attached hydrogen (secondary N) is 3. The molecule has 142 valence electrons. The first kappa shape index (κ1) is 18.9. The van der Waals surface area contributed by atoms with Gasteiger partial charge in [0.2, 0.25) is 0 Å². The Morgan fingerprint density at radius 1 is 1.26 bits per heavy atom. The Labute approximate surface area is 158 Å². The molecule has 3 rings (SSSR count). The third kappa shape index (κ3) is 5.09. The number of nitrogens with zero attached hydrogens (tertiary/aromatic N) is 5. The second-order valence-electron chi connectivity index (χ2n) is 7.34. The standard InChI is InChI=1S/C18H24N8O/c1-18(2,3)17-14(22-10-13-9-20-4-5-27-13)6-15(25-26-17)24-16-11-21-12(7-19)8-23-16/h6,8,11,13,20H,4-5,9-10H2,1-3H3,(H2,22,23,24,25). The fourth-order valence-corrected chi connectivity index (χ4v) is 2.70. The second kappa shape index (κ2) is 8.24. The minimum Gasteiger partial charge on any atom is -0.381 e. The second-order valence-corrected chi connectivity index (χ2v) is 7.34. The smallest absolute Gasteiger partial charge is 0.158 e. The molecular weight excluding hydrogens is 344 g/mol. The van der Waals surface area contributed by atoms with E-state index in [1.54, 1.807) is 0 Å². The fourth-order valence-electron chi connectivity index (χ4n) is 2.70. The van der Waals surface area contributed by atoms with Crippen LogP contribution >= 0.6 is 0 Å². The van der Waals surface area contributed by atoms with Gasteiger partial charge in [-0.05, 0) is 0 Å². The Hall–Kier alpha value is -2.83. The van der Waals surface area contributed by atoms with E-state index in [9.17, 15) is 0 Å². The van der Waals surface area contributed by atoms with Crippen LogP contribution in [-0.2, 0) is 10.2 Å². The number of aromatic nitrogens is 4. The van der Waals surface area contributed by atoms with Crippen LogP contribution in [0, 0.1) is 11.3 Å². The summed E-state index contributed by atoms with van der Waals surface area (Å²) in [7, 11) is 0. The molecule has 0 spiro atoms. The quantitative estimate of drug-likeness (QED) is 0.722. The highest BCUT2D eigenvalue weighted by molar-refractivity contribution is 5.60. The van der Waals surface area contributed by atoms with Crippen molar-refractivity contribution in [2.75, 3.05) is 36.9 Å². The van der Waals surface area contributed by atoms with Crippen LogP contribution in [0.4, 0.5) is 17.3 Å². The van der Waals surface area contributed by atoms with Gasteiger partial charge >= 0.3 is 0 Å². The number of hydrogen-bond donors (Lipinski definition) is 3. The zero-order valence-corrected chi connectivity index (χ0v) is 15.8. The molecular formula is C18H24N8O. The molecule has 2 aromatic heterocycles. The summed E-state index contributed by atoms with van der Waals surface area (Å²) < 4.78 is 5.75. The summed E-state index contributed by atoms with van der Waals surface area (Å²) >= 11 is 0. The summed E-state index contributed by atoms with van der Waals surface area (Å²) in [5.74, 6) is 1.05. The molecule has 27 heavy (non-hydrogen) atoms. The SMILES string of the molecule is CC(C)(C)c1nnc(Nc2cnc(C#N)cn2)cc1NCC1CNCCO1. The van der Waals surface area contributed by atoms with Crippen molar-refractivity contribution in [3.63, 3.8) is 0 Å². The lowest BCUT2D eigenvalue weighted by molar-refractivity contribution is 0.0372. The number of hydrogen-bond acceptors (Lipinski definition) is 9. The fraction of sp³-hybridized carbons (Fsp3) is 0.500. The van der Waals surface area contributed by atoms with Crippen molar-refractivity contribution in [1.29, 1.82) is 5.26 Å². The van der Waals surface area contributed by atoms with Crippen molar-refractivity contribution in [3.8, 4) is 6.07 Å². The van der Waals surface area contributed by atoms with E-state index in [4.69, 9.17) is 10.00 Å². The van der Waals surface area contributed by atoms with Crippen molar-refractivity contribution in [3.05, 3.63) is 29.8 Å². The van der Waals surface area contributed by atoms with Gasteiger partial charge in [0.25, 0.3) is 0 Å². The van der Waals surface area contributed by atoms with Crippen LogP contribution in [0.15, 0.2) is 18.5 Å². The molecule has 1 unspecified atom stereocenters. The van der Waals surface area contributed by atoms with Crippen LogP contribution in [0.1, 0.15) is 32.2 Å². The highest BCUT2D eigenvalue weighted by Gasteiger charge is 2.22. The first-order valence-corrected chi connectivity index (χ1v) is 8.89. The molecule has 1 saturated heterocycles. The first-order chi connectivity index (χ1) is 13.0. The molecule has 1 aliphatic heterocycles. The molecule has 0 aromatic carbocycles. The number of morpholine rings is 1. The molecule has 9 heteroatoms. The van der Waals surface area contributed by atoms with Crippen LogP contribution in [0.3, 0.4) is 0 Å². The summed E-state index contributed by atoms with van der Waals surface area (Å²) in [6.45, 7) is 9.40. The summed E-state index contributed by atoms with van der Waals surface area (Å²) in [6.07, 6.45) is 3.01. The topological polar surface area (TPSA) is 121 Å². The third-order valence-corrected chi connectivity index (χ3v) is 4.05. The lowest BCUT2D eigenvalue weighted by Gasteiger charge is -2.26. The minimum absolute atomic E-state index is 0.112. The van der Waals surface area contributed by atoms with Gasteiger partial charge in [-0.1, -0.05) is 20.8 Å². The molecule has 0 aliphatic carbocycles. The van der Waals surface area contributed by atoms with Crippen LogP contribution < -0.4 is 16.0 Å². The van der Waals surface area contributed by atoms with Gasteiger partial charge < -0.3 is 20.7 Å². The van der Waals surface area contributed by atoms with E-state index in [0.717, 1.165) is 31.1 Å². The Kier molecular flexibility index (Phi) is 5.78. The zero-order chi connectivity index (χ0) is 19.3. The monoisotopic (exact) mass is 368 g/mol. The molecule has 0 radical (unpaired) electrons. The number of nitriles is 1. The van der Waals surface area contributed by atoms with E-state index in [2.05, 4.69) is 56.9 Å². The number of anilines is 3. The average molecular weight is 368 g/mol. The lowest BCUT2D eigenvalue weighted by Crippen LogP contribution is -2.42. The average Bonchev–Trinajstić information content (AvgIpc) is 2.67. The molecule has 3 N–H and O–H groups in total. The molecule has 0 bridgehead atoms. The molecule has 0 amide bonds. The molecule has 9 nitrogen and oxygen atoms in total. The van der Waals surface area contributed by atoms with Crippen LogP contribution in [0.5, 0.6) is 0 Å². The van der Waals surface area contributed by atoms with Gasteiger partial charge in [0.05, 0.1) is 36.5 Å². The van der Waals surface area contributed by atoms with Crippen LogP contribution in [0.25, 0.3) is 0 Å². The molecule has 1 atom stereocenters. The van der Waals surface area contributed by atoms with E-state index in [0.29, 0.717) is 18.2 Å². The van der Waals surface area contributed by atoms with Gasteiger partial charge in [0.15, 0.2) is 11.5 Å². The van der Waals surface area contributed by atoms with E-state index in [-0.39, 0.29) is 17.2 Å². The van der Waals surface area contributed by atoms with Crippen molar-refractivity contribution >= 4 is 17.3 Å². The molecule has 0 saturated carbocycles. The van der Waals surface area contributed by atoms with Gasteiger partial charge in [0.1, 0.15) is 11.9 Å². The summed E-state index contributed by atoms with van der Waals surface area (Å²) in [4.78, 5) is 8.15. The predicted octanol–water partition coefficient (Wildman–Crippen LogP) is 1.58. The lowest BCUT2D eigenvalue weighted by atomic mass is 9.90. The Morgan fingerprint density at radius 2 is 2.11 bits per heavy atom. The molecule has 2 aromatic rings. The highest BCUT2D eigenvalue weighted by Crippen LogP contribution is 2.29. The largest absolute Gasteiger partial charge is 0.381 e. The summed E-state index contributed by atoms with van der Waals surface area (Å²) in [6, 6.07) is 3.85. The third-order valence-electron chi connectivity index (χ3n) is 4.05. The van der Waals surface area contributed by atoms with Gasteiger partial charge in [-0.2, -0.15) is 10.4 Å². The van der Waals surface area contributed by atoms with E-state index < -0.39 is 0 Å². The Morgan fingerprint density at radius 3 is 2.74 bits per heavy atom. The van der Waals surface area contributed by atoms with Crippen molar-refractivity contribution < 1.29 is 4.74 Å². The molecule has 1 aliphatic rings. The Balaban J connectivity index is 1.77. The van der Waals surface area contributed by atoms with Crippen molar-refractivity contribution in [1.82, 2.24) is 25.5 Å². The Bertz CT molecular complexity index is 804. The highest BCUT2D eigenvalue weighted by atomic mass is 16.5. The normalized spacial score (nSPS) is 17.2. The van der Waals surface area contributed by atoms with E-state index in [1.165, 1.54) is 12.4 Å². The van der Waals surface area contributed by atoms with Gasteiger partial charge in [-0.3, -0.25) is 0 Å². The zero-order valence-electron chi connectivity index (χ0n) is 15.8. The summed E-state index contributed by atoms with van der Waals surface area (Å²) in [5, 5.41) is 27.3. The maximum atomic E-state index is 8.81. The van der Waals surface area contributed by atoms with Gasteiger partial charge in [-0.15, -0.1) is 5.10 Å². The van der Waals surface area contributed by atoms with Crippen LogP contribution in [0.2, 0.25) is 0 Å². The van der Waals surface area contributed by atoms with E-state index >= 15 is 0 Å². The number of ether oxygens (including phenoxy) is 1. The van der Waals surface area contributed by atoms with Crippen molar-refractivity contribution in [2.24, 2.45) is 0 Å². The predicted molar refractivity (Wildman–Crippen MR) is 102 cm³/mol. The number of rotatable bonds is 5. The maximum Gasteiger partial charge on any atom is 0.158 e. The first-order valence-electron chi connectivity index (χ1n) is 8.89. The molecule has 3 heterocycles. The maximum absolute atomic E-state index is 8.81.